The van der Waals surface area contributed by atoms with Crippen molar-refractivity contribution < 1.29 is 56.5 Å². The van der Waals surface area contributed by atoms with Crippen LogP contribution in [0.15, 0.2) is 22.6 Å². The van der Waals surface area contributed by atoms with Crippen LogP contribution in [0.25, 0.3) is 11.2 Å². The second kappa shape index (κ2) is 8.67. The van der Waals surface area contributed by atoms with E-state index in [0.717, 1.165) is 16.6 Å². The maximum Gasteiger partial charge on any atom is 0.489 e. The first-order chi connectivity index (χ1) is 15.1. The number of hydrogen-bond donors (Lipinski definition) is 7. The van der Waals surface area contributed by atoms with E-state index in [9.17, 15) is 38.5 Å². The van der Waals surface area contributed by atoms with Gasteiger partial charge in [-0.25, -0.2) is 18.7 Å². The first-order valence-corrected chi connectivity index (χ1v) is 12.7. The molecule has 5 atom stereocenters. The molecule has 0 bridgehead atoms. The molecule has 18 nitrogen and oxygen atoms in total. The summed E-state index contributed by atoms with van der Waals surface area (Å²) in [7, 11) is -16.2. The first kappa shape index (κ1) is 25.1. The molecule has 8 N–H and O–H groups in total. The molecular weight excluding hydrogens is 515 g/mol. The number of hydrogen-bond acceptors (Lipinski definition) is 13. The lowest BCUT2D eigenvalue weighted by molar-refractivity contribution is -0.0119. The molecule has 0 fully saturated rings. The average molecular weight is 529 g/mol. The van der Waals surface area contributed by atoms with Gasteiger partial charge in [0.15, 0.2) is 28.8 Å². The Hall–Kier alpha value is -2.54. The van der Waals surface area contributed by atoms with Gasteiger partial charge in [-0.3, -0.25) is 18.9 Å². The standard InChI is InChI=1S/C12H14N5O13P3/c1-2-31(21,22)29-33(25,26)30-32(23,24)27-3-5-7(18)8(19)11(28-5)17-4-14-6-9(17)15-12(13)16-10(6)20/h1,4,8,11,18-19H,3H2,(H,21,22)(H,23,24)(H,25,26)(H3,13,15,16,20)/t8?,11-/m1/s1. The fourth-order valence-electron chi connectivity index (χ4n) is 2.49. The number of terminal acetylenes is 1. The number of fused-ring (bicyclic) bond motifs is 1. The van der Waals surface area contributed by atoms with Crippen LogP contribution in [0.4, 0.5) is 5.95 Å². The number of nitrogens with zero attached hydrogens (tertiary/aromatic N) is 3. The summed E-state index contributed by atoms with van der Waals surface area (Å²) in [5, 5.41) is 20.3. The number of nitrogens with one attached hydrogen (secondary N) is 1. The minimum atomic E-state index is -5.66. The zero-order chi connectivity index (χ0) is 24.8. The molecule has 1 aliphatic rings. The van der Waals surface area contributed by atoms with E-state index in [-0.39, 0.29) is 17.1 Å². The van der Waals surface area contributed by atoms with E-state index in [1.165, 1.54) is 0 Å². The number of nitrogens with two attached hydrogens (primary N) is 1. The van der Waals surface area contributed by atoms with Gasteiger partial charge in [-0.2, -0.15) is 13.6 Å². The minimum Gasteiger partial charge on any atom is -0.506 e. The number of phosphoric acid groups is 2. The molecule has 2 aromatic heterocycles. The molecule has 0 saturated heterocycles. The zero-order valence-corrected chi connectivity index (χ0v) is 18.5. The normalized spacial score (nSPS) is 24.0. The number of ether oxygens (including phenoxy) is 1. The van der Waals surface area contributed by atoms with Gasteiger partial charge in [0.1, 0.15) is 12.9 Å². The second-order valence-corrected chi connectivity index (χ2v) is 10.8. The number of nitrogen functional groups attached to an aromatic ring is 1. The van der Waals surface area contributed by atoms with Gasteiger partial charge in [0.05, 0.1) is 0 Å². The summed E-state index contributed by atoms with van der Waals surface area (Å²) in [6.45, 7) is -1.11. The van der Waals surface area contributed by atoms with Crippen LogP contribution >= 0.6 is 23.2 Å². The Labute approximate surface area is 182 Å². The Kier molecular flexibility index (Phi) is 6.59. The van der Waals surface area contributed by atoms with Crippen molar-refractivity contribution >= 4 is 40.4 Å². The molecule has 21 heteroatoms. The molecular formula is C12H14N5O13P3. The highest BCUT2D eigenvalue weighted by atomic mass is 31.3. The maximum atomic E-state index is 11.9. The molecule has 3 heterocycles. The molecule has 1 aliphatic heterocycles. The molecule has 0 aliphatic carbocycles. The number of aliphatic hydroxyl groups excluding tert-OH is 2. The lowest BCUT2D eigenvalue weighted by atomic mass is 10.2. The van der Waals surface area contributed by atoms with Gasteiger partial charge in [0.25, 0.3) is 5.56 Å². The van der Waals surface area contributed by atoms with Crippen LogP contribution in [0, 0.1) is 12.1 Å². The molecule has 180 valence electrons. The van der Waals surface area contributed by atoms with Crippen LogP contribution in [-0.2, 0) is 31.6 Å². The van der Waals surface area contributed by atoms with Crippen molar-refractivity contribution in [1.29, 1.82) is 0 Å². The quantitative estimate of drug-likeness (QED) is 0.166. The number of aromatic amines is 1. The summed E-state index contributed by atoms with van der Waals surface area (Å²) in [6, 6.07) is 0. The van der Waals surface area contributed by atoms with Gasteiger partial charge in [0, 0.05) is 5.66 Å². The predicted octanol–water partition coefficient (Wildman–Crippen LogP) is -0.612. The molecule has 3 rings (SSSR count). The minimum absolute atomic E-state index is 0.133. The van der Waals surface area contributed by atoms with E-state index in [4.69, 9.17) is 15.4 Å². The third-order valence-electron chi connectivity index (χ3n) is 3.77. The summed E-state index contributed by atoms with van der Waals surface area (Å²) >= 11 is 0. The van der Waals surface area contributed by atoms with Gasteiger partial charge in [0.2, 0.25) is 12.2 Å². The highest BCUT2D eigenvalue weighted by Gasteiger charge is 2.43. The van der Waals surface area contributed by atoms with Crippen molar-refractivity contribution in [3.8, 4) is 12.1 Å². The van der Waals surface area contributed by atoms with Crippen molar-refractivity contribution in [2.45, 2.75) is 12.3 Å². The molecule has 0 radical (unpaired) electrons. The zero-order valence-electron chi connectivity index (χ0n) is 15.8. The summed E-state index contributed by atoms with van der Waals surface area (Å²) < 4.78 is 52.8. The van der Waals surface area contributed by atoms with E-state index in [1.807, 2.05) is 0 Å². The smallest absolute Gasteiger partial charge is 0.489 e. The highest BCUT2D eigenvalue weighted by molar-refractivity contribution is 7.70. The van der Waals surface area contributed by atoms with Crippen molar-refractivity contribution in [3.05, 3.63) is 28.2 Å². The Balaban J connectivity index is 1.74. The van der Waals surface area contributed by atoms with Gasteiger partial charge >= 0.3 is 23.2 Å². The summed E-state index contributed by atoms with van der Waals surface area (Å²) in [5.41, 5.74) is 5.61. The summed E-state index contributed by atoms with van der Waals surface area (Å²) in [4.78, 5) is 49.6. The Morgan fingerprint density at radius 3 is 2.58 bits per heavy atom. The first-order valence-electron chi connectivity index (χ1n) is 8.17. The van der Waals surface area contributed by atoms with Crippen LogP contribution in [0.1, 0.15) is 6.23 Å². The van der Waals surface area contributed by atoms with Crippen molar-refractivity contribution in [2.75, 3.05) is 12.3 Å². The highest BCUT2D eigenvalue weighted by Crippen LogP contribution is 2.67. The lowest BCUT2D eigenvalue weighted by Gasteiger charge is -2.18. The van der Waals surface area contributed by atoms with Gasteiger partial charge in [-0.1, -0.05) is 0 Å². The van der Waals surface area contributed by atoms with Gasteiger partial charge in [-0.15, -0.1) is 6.42 Å². The van der Waals surface area contributed by atoms with Crippen molar-refractivity contribution in [2.24, 2.45) is 0 Å². The van der Waals surface area contributed by atoms with E-state index in [2.05, 4.69) is 34.5 Å². The predicted molar refractivity (Wildman–Crippen MR) is 105 cm³/mol. The summed E-state index contributed by atoms with van der Waals surface area (Å²) in [5.74, 6) is -1.79. The lowest BCUT2D eigenvalue weighted by Crippen LogP contribution is -2.23. The monoisotopic (exact) mass is 529 g/mol. The molecule has 0 aromatic carbocycles. The number of rotatable bonds is 8. The number of phosphoric ester groups is 1. The molecule has 0 saturated carbocycles. The fraction of sp³-hybridized carbons (Fsp3) is 0.250. The van der Waals surface area contributed by atoms with E-state index in [1.54, 1.807) is 0 Å². The number of aliphatic hydroxyl groups is 2. The average Bonchev–Trinajstić information content (AvgIpc) is 3.20. The Bertz CT molecular complexity index is 1380. The molecule has 0 amide bonds. The largest absolute Gasteiger partial charge is 0.506 e. The van der Waals surface area contributed by atoms with E-state index >= 15 is 0 Å². The summed E-state index contributed by atoms with van der Waals surface area (Å²) in [6.07, 6.45) is 2.36. The van der Waals surface area contributed by atoms with Crippen LogP contribution in [0.3, 0.4) is 0 Å². The molecule has 2 aromatic rings. The van der Waals surface area contributed by atoms with Crippen molar-refractivity contribution in [3.63, 3.8) is 0 Å². The van der Waals surface area contributed by atoms with Crippen LogP contribution in [-0.4, -0.2) is 57.1 Å². The fourth-order valence-corrected chi connectivity index (χ4v) is 5.70. The number of aromatic nitrogens is 4. The van der Waals surface area contributed by atoms with Crippen LogP contribution in [0.2, 0.25) is 0 Å². The Morgan fingerprint density at radius 1 is 1.27 bits per heavy atom. The SMILES string of the molecule is C#CP(=O)(O)OP(=O)(O)OP(=O)(O)OCC1=C(O)C(O)[C@H](n2cnc3c(=O)[nH]c(N)nc32)O1. The topological polar surface area (TPSA) is 279 Å². The van der Waals surface area contributed by atoms with Crippen LogP contribution < -0.4 is 11.3 Å². The number of imidazole rings is 1. The van der Waals surface area contributed by atoms with Gasteiger partial charge in [-0.05, 0) is 0 Å². The van der Waals surface area contributed by atoms with E-state index < -0.39 is 59.3 Å². The second-order valence-electron chi connectivity index (χ2n) is 6.06. The van der Waals surface area contributed by atoms with E-state index in [0.29, 0.717) is 0 Å². The number of H-pyrrole nitrogens is 1. The van der Waals surface area contributed by atoms with Gasteiger partial charge < -0.3 is 35.4 Å². The van der Waals surface area contributed by atoms with Crippen LogP contribution in [0.5, 0.6) is 0 Å². The molecule has 0 spiro atoms. The molecule has 4 unspecified atom stereocenters. The van der Waals surface area contributed by atoms with Crippen molar-refractivity contribution in [1.82, 2.24) is 19.5 Å². The number of anilines is 1. The third-order valence-corrected chi connectivity index (χ3v) is 7.91. The maximum absolute atomic E-state index is 11.9. The Morgan fingerprint density at radius 2 is 1.94 bits per heavy atom. The molecule has 33 heavy (non-hydrogen) atoms. The third kappa shape index (κ3) is 5.52.